The Morgan fingerprint density at radius 3 is 2.77 bits per heavy atom. The zero-order valence-corrected chi connectivity index (χ0v) is 8.03. The van der Waals surface area contributed by atoms with Gasteiger partial charge in [0.05, 0.1) is 5.92 Å². The molecule has 1 rings (SSSR count). The van der Waals surface area contributed by atoms with E-state index in [1.165, 1.54) is 0 Å². The molecule has 72 valence electrons. The number of hydrogen-bond donors (Lipinski definition) is 1. The molecule has 0 bridgehead atoms. The number of carboxylic acids is 1. The molecule has 0 aliphatic carbocycles. The Balaban J connectivity index is 2.88. The summed E-state index contributed by atoms with van der Waals surface area (Å²) in [6.07, 6.45) is 3.47. The van der Waals surface area contributed by atoms with Crippen LogP contribution in [0.25, 0.3) is 0 Å². The number of carboxylic acid groups (broad SMARTS) is 1. The van der Waals surface area contributed by atoms with Crippen LogP contribution in [0.3, 0.4) is 0 Å². The summed E-state index contributed by atoms with van der Waals surface area (Å²) >= 11 is 0. The van der Waals surface area contributed by atoms with Gasteiger partial charge in [-0.3, -0.25) is 4.79 Å². The molecule has 1 N–H and O–H groups in total. The lowest BCUT2D eigenvalue weighted by molar-refractivity contribution is -0.139. The molecule has 0 aliphatic rings. The van der Waals surface area contributed by atoms with Crippen molar-refractivity contribution in [3.05, 3.63) is 24.0 Å². The summed E-state index contributed by atoms with van der Waals surface area (Å²) in [6, 6.07) is 3.75. The van der Waals surface area contributed by atoms with Gasteiger partial charge in [0.2, 0.25) is 0 Å². The molecule has 0 saturated carbocycles. The minimum atomic E-state index is -0.733. The first-order chi connectivity index (χ1) is 6.16. The largest absolute Gasteiger partial charge is 0.481 e. The van der Waals surface area contributed by atoms with E-state index >= 15 is 0 Å². The molecule has 13 heavy (non-hydrogen) atoms. The first-order valence-corrected chi connectivity index (χ1v) is 4.50. The standard InChI is InChI=1S/C10H15NO2/c1-3-5-8(10(12)13)9-6-4-7-11(9)2/h4,6-8H,3,5H2,1-2H3,(H,12,13). The Kier molecular flexibility index (Phi) is 3.12. The van der Waals surface area contributed by atoms with E-state index < -0.39 is 5.97 Å². The van der Waals surface area contributed by atoms with Crippen LogP contribution in [-0.4, -0.2) is 15.6 Å². The number of carbonyl (C=O) groups is 1. The fourth-order valence-corrected chi connectivity index (χ4v) is 1.52. The second kappa shape index (κ2) is 4.12. The van der Waals surface area contributed by atoms with Gasteiger partial charge in [-0.25, -0.2) is 0 Å². The molecule has 1 aromatic rings. The number of aryl methyl sites for hydroxylation is 1. The summed E-state index contributed by atoms with van der Waals surface area (Å²) in [6.45, 7) is 2.00. The monoisotopic (exact) mass is 181 g/mol. The van der Waals surface area contributed by atoms with E-state index in [2.05, 4.69) is 0 Å². The fourth-order valence-electron chi connectivity index (χ4n) is 1.52. The number of aromatic nitrogens is 1. The third-order valence-electron chi connectivity index (χ3n) is 2.22. The first-order valence-electron chi connectivity index (χ1n) is 4.50. The quantitative estimate of drug-likeness (QED) is 0.771. The lowest BCUT2D eigenvalue weighted by Crippen LogP contribution is -2.14. The van der Waals surface area contributed by atoms with Crippen LogP contribution in [-0.2, 0) is 11.8 Å². The van der Waals surface area contributed by atoms with Crippen LogP contribution in [0.1, 0.15) is 31.4 Å². The van der Waals surface area contributed by atoms with E-state index in [1.54, 1.807) is 0 Å². The molecule has 3 heteroatoms. The average Bonchev–Trinajstić information content (AvgIpc) is 2.47. The van der Waals surface area contributed by atoms with Gasteiger partial charge in [0, 0.05) is 18.9 Å². The zero-order valence-electron chi connectivity index (χ0n) is 8.03. The first kappa shape index (κ1) is 9.84. The number of rotatable bonds is 4. The van der Waals surface area contributed by atoms with Crippen LogP contribution in [0.5, 0.6) is 0 Å². The van der Waals surface area contributed by atoms with Crippen molar-refractivity contribution in [3.63, 3.8) is 0 Å². The summed E-state index contributed by atoms with van der Waals surface area (Å²) in [5.41, 5.74) is 0.884. The normalized spacial score (nSPS) is 12.8. The number of nitrogens with zero attached hydrogens (tertiary/aromatic N) is 1. The minimum absolute atomic E-state index is 0.356. The highest BCUT2D eigenvalue weighted by Crippen LogP contribution is 2.21. The van der Waals surface area contributed by atoms with Crippen LogP contribution >= 0.6 is 0 Å². The number of aliphatic carboxylic acids is 1. The van der Waals surface area contributed by atoms with Crippen LogP contribution < -0.4 is 0 Å². The summed E-state index contributed by atoms with van der Waals surface area (Å²) in [7, 11) is 1.88. The van der Waals surface area contributed by atoms with Crippen molar-refractivity contribution >= 4 is 5.97 Å². The van der Waals surface area contributed by atoms with Crippen molar-refractivity contribution in [1.29, 1.82) is 0 Å². The number of hydrogen-bond acceptors (Lipinski definition) is 1. The molecule has 3 nitrogen and oxygen atoms in total. The topological polar surface area (TPSA) is 42.2 Å². The lowest BCUT2D eigenvalue weighted by Gasteiger charge is -2.11. The molecule has 1 unspecified atom stereocenters. The van der Waals surface area contributed by atoms with Gasteiger partial charge in [-0.15, -0.1) is 0 Å². The van der Waals surface area contributed by atoms with Gasteiger partial charge in [0.15, 0.2) is 0 Å². The maximum absolute atomic E-state index is 10.9. The van der Waals surface area contributed by atoms with Crippen molar-refractivity contribution in [2.45, 2.75) is 25.7 Å². The van der Waals surface area contributed by atoms with Gasteiger partial charge in [0.1, 0.15) is 0 Å². The predicted molar refractivity (Wildman–Crippen MR) is 50.7 cm³/mol. The average molecular weight is 181 g/mol. The molecular formula is C10H15NO2. The van der Waals surface area contributed by atoms with Gasteiger partial charge in [0.25, 0.3) is 0 Å². The van der Waals surface area contributed by atoms with Gasteiger partial charge in [-0.1, -0.05) is 13.3 Å². The molecule has 0 aliphatic heterocycles. The third kappa shape index (κ3) is 2.11. The fraction of sp³-hybridized carbons (Fsp3) is 0.500. The Bertz CT molecular complexity index is 291. The van der Waals surface area contributed by atoms with E-state index in [0.29, 0.717) is 6.42 Å². The maximum Gasteiger partial charge on any atom is 0.312 e. The predicted octanol–water partition coefficient (Wildman–Crippen LogP) is 1.99. The second-order valence-electron chi connectivity index (χ2n) is 3.22. The van der Waals surface area contributed by atoms with Crippen LogP contribution in [0.15, 0.2) is 18.3 Å². The molecule has 0 aromatic carbocycles. The Hall–Kier alpha value is -1.25. The van der Waals surface area contributed by atoms with Crippen LogP contribution in [0.2, 0.25) is 0 Å². The summed E-state index contributed by atoms with van der Waals surface area (Å²) in [5, 5.41) is 8.99. The lowest BCUT2D eigenvalue weighted by atomic mass is 10.0. The highest BCUT2D eigenvalue weighted by molar-refractivity contribution is 5.75. The van der Waals surface area contributed by atoms with Gasteiger partial charge >= 0.3 is 5.97 Å². The molecular weight excluding hydrogens is 166 g/mol. The van der Waals surface area contributed by atoms with Gasteiger partial charge in [-0.05, 0) is 18.6 Å². The second-order valence-corrected chi connectivity index (χ2v) is 3.22. The summed E-state index contributed by atoms with van der Waals surface area (Å²) < 4.78 is 1.87. The van der Waals surface area contributed by atoms with E-state index in [-0.39, 0.29) is 5.92 Å². The zero-order chi connectivity index (χ0) is 9.84. The van der Waals surface area contributed by atoms with Crippen molar-refractivity contribution in [1.82, 2.24) is 4.57 Å². The van der Waals surface area contributed by atoms with Crippen molar-refractivity contribution in [3.8, 4) is 0 Å². The van der Waals surface area contributed by atoms with Crippen molar-refractivity contribution < 1.29 is 9.90 Å². The van der Waals surface area contributed by atoms with E-state index in [4.69, 9.17) is 5.11 Å². The smallest absolute Gasteiger partial charge is 0.312 e. The Morgan fingerprint density at radius 1 is 1.69 bits per heavy atom. The molecule has 0 amide bonds. The molecule has 1 atom stereocenters. The van der Waals surface area contributed by atoms with Gasteiger partial charge < -0.3 is 9.67 Å². The molecule has 0 fully saturated rings. The third-order valence-corrected chi connectivity index (χ3v) is 2.22. The molecule has 0 radical (unpaired) electrons. The summed E-state index contributed by atoms with van der Waals surface area (Å²) in [4.78, 5) is 10.9. The van der Waals surface area contributed by atoms with Crippen molar-refractivity contribution in [2.24, 2.45) is 7.05 Å². The molecule has 1 heterocycles. The molecule has 0 saturated heterocycles. The Morgan fingerprint density at radius 2 is 2.38 bits per heavy atom. The van der Waals surface area contributed by atoms with E-state index in [9.17, 15) is 4.79 Å². The molecule has 1 aromatic heterocycles. The molecule has 0 spiro atoms. The minimum Gasteiger partial charge on any atom is -0.481 e. The highest BCUT2D eigenvalue weighted by atomic mass is 16.4. The van der Waals surface area contributed by atoms with Crippen molar-refractivity contribution in [2.75, 3.05) is 0 Å². The van der Waals surface area contributed by atoms with E-state index in [1.807, 2.05) is 36.9 Å². The SMILES string of the molecule is CCCC(C(=O)O)c1cccn1C. The maximum atomic E-state index is 10.9. The highest BCUT2D eigenvalue weighted by Gasteiger charge is 2.20. The van der Waals surface area contributed by atoms with Crippen LogP contribution in [0, 0.1) is 0 Å². The van der Waals surface area contributed by atoms with Gasteiger partial charge in [-0.2, -0.15) is 0 Å². The van der Waals surface area contributed by atoms with E-state index in [0.717, 1.165) is 12.1 Å². The Labute approximate surface area is 78.0 Å². The summed E-state index contributed by atoms with van der Waals surface area (Å²) in [5.74, 6) is -1.09. The van der Waals surface area contributed by atoms with Crippen LogP contribution in [0.4, 0.5) is 0 Å².